The Morgan fingerprint density at radius 3 is 2.39 bits per heavy atom. The highest BCUT2D eigenvalue weighted by Crippen LogP contribution is 2.26. The third kappa shape index (κ3) is 4.40. The van der Waals surface area contributed by atoms with E-state index in [9.17, 15) is 4.79 Å². The second-order valence-electron chi connectivity index (χ2n) is 6.67. The van der Waals surface area contributed by atoms with E-state index in [1.807, 2.05) is 12.1 Å². The molecule has 126 valence electrons. The van der Waals surface area contributed by atoms with Crippen LogP contribution >= 0.6 is 23.2 Å². The number of halogens is 2. The standard InChI is InChI=1S/C18H24Cl2N2O/c19-16-5-4-15(17(20)12-16)13-21-10-6-14(7-11-21)18(23)22-8-2-1-3-9-22/h4-5,12,14H,1-3,6-11,13H2. The summed E-state index contributed by atoms with van der Waals surface area (Å²) in [5.74, 6) is 0.596. The molecule has 0 aromatic heterocycles. The van der Waals surface area contributed by atoms with Crippen molar-refractivity contribution in [3.8, 4) is 0 Å². The van der Waals surface area contributed by atoms with Crippen LogP contribution in [0.25, 0.3) is 0 Å². The second kappa shape index (κ2) is 7.87. The molecule has 3 nitrogen and oxygen atoms in total. The number of hydrogen-bond donors (Lipinski definition) is 0. The average Bonchev–Trinajstić information content (AvgIpc) is 2.58. The van der Waals surface area contributed by atoms with E-state index in [1.165, 1.54) is 19.3 Å². The molecule has 1 aromatic rings. The lowest BCUT2D eigenvalue weighted by Crippen LogP contribution is -2.44. The van der Waals surface area contributed by atoms with Crippen molar-refractivity contribution >= 4 is 29.1 Å². The fraction of sp³-hybridized carbons (Fsp3) is 0.611. The lowest BCUT2D eigenvalue weighted by atomic mass is 9.94. The third-order valence-corrected chi connectivity index (χ3v) is 5.60. The number of likely N-dealkylation sites (tertiary alicyclic amines) is 2. The molecule has 0 bridgehead atoms. The van der Waals surface area contributed by atoms with Gasteiger partial charge in [0.2, 0.25) is 5.91 Å². The Bertz CT molecular complexity index is 550. The Balaban J connectivity index is 1.51. The largest absolute Gasteiger partial charge is 0.342 e. The summed E-state index contributed by atoms with van der Waals surface area (Å²) >= 11 is 12.2. The summed E-state index contributed by atoms with van der Waals surface area (Å²) in [5, 5.41) is 1.40. The van der Waals surface area contributed by atoms with Gasteiger partial charge in [-0.3, -0.25) is 9.69 Å². The van der Waals surface area contributed by atoms with E-state index >= 15 is 0 Å². The summed E-state index contributed by atoms with van der Waals surface area (Å²) in [6, 6.07) is 5.68. The zero-order chi connectivity index (χ0) is 16.2. The van der Waals surface area contributed by atoms with Crippen LogP contribution in [0.5, 0.6) is 0 Å². The summed E-state index contributed by atoms with van der Waals surface area (Å²) < 4.78 is 0. The number of piperidine rings is 2. The normalized spacial score (nSPS) is 20.7. The van der Waals surface area contributed by atoms with E-state index in [4.69, 9.17) is 23.2 Å². The van der Waals surface area contributed by atoms with Gasteiger partial charge in [-0.05, 0) is 62.9 Å². The van der Waals surface area contributed by atoms with Gasteiger partial charge in [0.15, 0.2) is 0 Å². The highest BCUT2D eigenvalue weighted by Gasteiger charge is 2.29. The van der Waals surface area contributed by atoms with E-state index in [2.05, 4.69) is 9.80 Å². The molecule has 2 aliphatic heterocycles. The first-order chi connectivity index (χ1) is 11.1. The SMILES string of the molecule is O=C(C1CCN(Cc2ccc(Cl)cc2Cl)CC1)N1CCCCC1. The minimum Gasteiger partial charge on any atom is -0.342 e. The van der Waals surface area contributed by atoms with Crippen LogP contribution in [0.15, 0.2) is 18.2 Å². The van der Waals surface area contributed by atoms with Gasteiger partial charge in [-0.25, -0.2) is 0 Å². The first-order valence-corrected chi connectivity index (χ1v) is 9.34. The minimum absolute atomic E-state index is 0.213. The van der Waals surface area contributed by atoms with Gasteiger partial charge in [-0.2, -0.15) is 0 Å². The molecule has 5 heteroatoms. The lowest BCUT2D eigenvalue weighted by Gasteiger charge is -2.35. The van der Waals surface area contributed by atoms with Gasteiger partial charge in [0.25, 0.3) is 0 Å². The van der Waals surface area contributed by atoms with Crippen molar-refractivity contribution in [3.63, 3.8) is 0 Å². The van der Waals surface area contributed by atoms with Crippen LogP contribution in [-0.4, -0.2) is 41.9 Å². The molecular weight excluding hydrogens is 331 g/mol. The van der Waals surface area contributed by atoms with Crippen LogP contribution in [-0.2, 0) is 11.3 Å². The Labute approximate surface area is 148 Å². The van der Waals surface area contributed by atoms with Gasteiger partial charge in [-0.15, -0.1) is 0 Å². The highest BCUT2D eigenvalue weighted by molar-refractivity contribution is 6.35. The zero-order valence-electron chi connectivity index (χ0n) is 13.4. The molecule has 0 unspecified atom stereocenters. The number of rotatable bonds is 3. The molecule has 2 aliphatic rings. The monoisotopic (exact) mass is 354 g/mol. The lowest BCUT2D eigenvalue weighted by molar-refractivity contribution is -0.138. The molecule has 0 saturated carbocycles. The van der Waals surface area contributed by atoms with Gasteiger partial charge < -0.3 is 4.90 Å². The Hall–Kier alpha value is -0.770. The zero-order valence-corrected chi connectivity index (χ0v) is 15.0. The molecule has 1 aromatic carbocycles. The van der Waals surface area contributed by atoms with E-state index in [0.717, 1.165) is 56.2 Å². The molecule has 2 fully saturated rings. The quantitative estimate of drug-likeness (QED) is 0.811. The van der Waals surface area contributed by atoms with Crippen molar-refractivity contribution in [2.75, 3.05) is 26.2 Å². The van der Waals surface area contributed by atoms with Gasteiger partial charge in [0.05, 0.1) is 0 Å². The highest BCUT2D eigenvalue weighted by atomic mass is 35.5. The molecule has 0 N–H and O–H groups in total. The first-order valence-electron chi connectivity index (χ1n) is 8.58. The van der Waals surface area contributed by atoms with Crippen LogP contribution in [0.4, 0.5) is 0 Å². The molecular formula is C18H24Cl2N2O. The summed E-state index contributed by atoms with van der Waals surface area (Å²) in [4.78, 5) is 17.0. The van der Waals surface area contributed by atoms with E-state index in [1.54, 1.807) is 6.07 Å². The maximum atomic E-state index is 12.6. The van der Waals surface area contributed by atoms with Gasteiger partial charge in [0.1, 0.15) is 0 Å². The first kappa shape index (κ1) is 17.1. The van der Waals surface area contributed by atoms with Crippen LogP contribution < -0.4 is 0 Å². The van der Waals surface area contributed by atoms with E-state index in [-0.39, 0.29) is 5.92 Å². The maximum absolute atomic E-state index is 12.6. The number of carbonyl (C=O) groups is 1. The van der Waals surface area contributed by atoms with E-state index in [0.29, 0.717) is 10.9 Å². The molecule has 0 atom stereocenters. The predicted octanol–water partition coefficient (Wildman–Crippen LogP) is 4.22. The van der Waals surface area contributed by atoms with Gasteiger partial charge in [-0.1, -0.05) is 29.3 Å². The molecule has 0 radical (unpaired) electrons. The second-order valence-corrected chi connectivity index (χ2v) is 7.52. The summed E-state index contributed by atoms with van der Waals surface area (Å²) in [6.07, 6.45) is 5.52. The van der Waals surface area contributed by atoms with E-state index < -0.39 is 0 Å². The predicted molar refractivity (Wildman–Crippen MR) is 94.9 cm³/mol. The molecule has 0 spiro atoms. The maximum Gasteiger partial charge on any atom is 0.225 e. The Morgan fingerprint density at radius 1 is 1.04 bits per heavy atom. The van der Waals surface area contributed by atoms with Crippen LogP contribution in [0.3, 0.4) is 0 Å². The van der Waals surface area contributed by atoms with Crippen molar-refractivity contribution in [2.45, 2.75) is 38.6 Å². The fourth-order valence-electron chi connectivity index (χ4n) is 3.60. The number of carbonyl (C=O) groups excluding carboxylic acids is 1. The molecule has 1 amide bonds. The summed E-state index contributed by atoms with van der Waals surface area (Å²) in [5.41, 5.74) is 1.11. The Kier molecular flexibility index (Phi) is 5.84. The molecule has 2 heterocycles. The minimum atomic E-state index is 0.213. The third-order valence-electron chi connectivity index (χ3n) is 5.01. The number of amides is 1. The van der Waals surface area contributed by atoms with Crippen molar-refractivity contribution < 1.29 is 4.79 Å². The molecule has 0 aliphatic carbocycles. The van der Waals surface area contributed by atoms with Crippen LogP contribution in [0, 0.1) is 5.92 Å². The van der Waals surface area contributed by atoms with Crippen molar-refractivity contribution in [1.29, 1.82) is 0 Å². The Morgan fingerprint density at radius 2 is 1.74 bits per heavy atom. The summed E-state index contributed by atoms with van der Waals surface area (Å²) in [6.45, 7) is 4.67. The molecule has 23 heavy (non-hydrogen) atoms. The molecule has 3 rings (SSSR count). The number of hydrogen-bond acceptors (Lipinski definition) is 2. The smallest absolute Gasteiger partial charge is 0.225 e. The van der Waals surface area contributed by atoms with Crippen LogP contribution in [0.1, 0.15) is 37.7 Å². The average molecular weight is 355 g/mol. The van der Waals surface area contributed by atoms with Crippen molar-refractivity contribution in [2.24, 2.45) is 5.92 Å². The number of benzene rings is 1. The fourth-order valence-corrected chi connectivity index (χ4v) is 4.07. The topological polar surface area (TPSA) is 23.6 Å². The van der Waals surface area contributed by atoms with Crippen molar-refractivity contribution in [3.05, 3.63) is 33.8 Å². The molecule has 2 saturated heterocycles. The van der Waals surface area contributed by atoms with Crippen LogP contribution in [0.2, 0.25) is 10.0 Å². The van der Waals surface area contributed by atoms with Crippen molar-refractivity contribution in [1.82, 2.24) is 9.80 Å². The summed E-state index contributed by atoms with van der Waals surface area (Å²) in [7, 11) is 0. The van der Waals surface area contributed by atoms with Gasteiger partial charge >= 0.3 is 0 Å². The van der Waals surface area contributed by atoms with Gasteiger partial charge in [0, 0.05) is 35.6 Å². The number of nitrogens with zero attached hydrogens (tertiary/aromatic N) is 2.